The van der Waals surface area contributed by atoms with Gasteiger partial charge in [0.05, 0.1) is 11.8 Å². The molecular weight excluding hydrogens is 370 g/mol. The van der Waals surface area contributed by atoms with Crippen LogP contribution >= 0.6 is 0 Å². The predicted octanol–water partition coefficient (Wildman–Crippen LogP) is 1.72. The number of amides is 1. The maximum Gasteiger partial charge on any atom is 0.293 e. The number of aromatic nitrogens is 4. The van der Waals surface area contributed by atoms with Crippen molar-refractivity contribution in [3.8, 4) is 11.3 Å². The minimum Gasteiger partial charge on any atom is -0.376 e. The van der Waals surface area contributed by atoms with E-state index in [-0.39, 0.29) is 24.1 Å². The average Bonchev–Trinajstić information content (AvgIpc) is 3.41. The van der Waals surface area contributed by atoms with E-state index in [0.29, 0.717) is 23.6 Å². The van der Waals surface area contributed by atoms with Crippen molar-refractivity contribution in [1.29, 1.82) is 0 Å². The lowest BCUT2D eigenvalue weighted by Crippen LogP contribution is -2.38. The Morgan fingerprint density at radius 2 is 2.07 bits per heavy atom. The molecule has 0 saturated carbocycles. The number of carbonyl (C=O) groups excluding carboxylic acids is 1. The molecule has 0 aliphatic carbocycles. The third-order valence-corrected chi connectivity index (χ3v) is 5.24. The summed E-state index contributed by atoms with van der Waals surface area (Å²) >= 11 is 0. The predicted molar refractivity (Wildman–Crippen MR) is 109 cm³/mol. The normalized spacial score (nSPS) is 16.4. The summed E-state index contributed by atoms with van der Waals surface area (Å²) in [6.07, 6.45) is 2.99. The van der Waals surface area contributed by atoms with E-state index >= 15 is 0 Å². The first-order valence-corrected chi connectivity index (χ1v) is 10.00. The number of nitrogens with one attached hydrogen (secondary N) is 1. The molecule has 1 amide bonds. The molecule has 3 aromatic rings. The minimum atomic E-state index is -0.341. The van der Waals surface area contributed by atoms with Gasteiger partial charge in [-0.3, -0.25) is 9.59 Å². The molecule has 1 atom stereocenters. The van der Waals surface area contributed by atoms with Crippen LogP contribution in [0.1, 0.15) is 31.2 Å². The second-order valence-corrected chi connectivity index (χ2v) is 7.33. The maximum absolute atomic E-state index is 12.9. The lowest BCUT2D eigenvalue weighted by atomic mass is 10.1. The van der Waals surface area contributed by atoms with Gasteiger partial charge in [-0.2, -0.15) is 10.2 Å². The van der Waals surface area contributed by atoms with Gasteiger partial charge in [-0.05, 0) is 37.8 Å². The van der Waals surface area contributed by atoms with Gasteiger partial charge in [0.2, 0.25) is 5.91 Å². The van der Waals surface area contributed by atoms with Gasteiger partial charge >= 0.3 is 0 Å². The van der Waals surface area contributed by atoms with E-state index in [2.05, 4.69) is 34.6 Å². The lowest BCUT2D eigenvalue weighted by molar-refractivity contribution is -0.122. The average molecular weight is 395 g/mol. The van der Waals surface area contributed by atoms with Crippen molar-refractivity contribution in [3.63, 3.8) is 0 Å². The maximum atomic E-state index is 12.9. The van der Waals surface area contributed by atoms with Gasteiger partial charge < -0.3 is 10.1 Å². The highest BCUT2D eigenvalue weighted by molar-refractivity contribution is 5.75. The Bertz CT molecular complexity index is 1080. The van der Waals surface area contributed by atoms with E-state index in [4.69, 9.17) is 4.74 Å². The lowest BCUT2D eigenvalue weighted by Gasteiger charge is -2.11. The van der Waals surface area contributed by atoms with Crippen LogP contribution in [0.25, 0.3) is 16.8 Å². The number of hydrogen-bond donors (Lipinski definition) is 1. The number of fused-ring (bicyclic) bond motifs is 1. The highest BCUT2D eigenvalue weighted by atomic mass is 16.5. The molecular formula is C21H25N5O3. The first kappa shape index (κ1) is 19.3. The number of carbonyl (C=O) groups is 1. The van der Waals surface area contributed by atoms with Gasteiger partial charge in [0.15, 0.2) is 0 Å². The number of hydrogen-bond acceptors (Lipinski definition) is 5. The molecule has 0 unspecified atom stereocenters. The topological polar surface area (TPSA) is 90.5 Å². The zero-order valence-electron chi connectivity index (χ0n) is 16.7. The molecule has 8 heteroatoms. The van der Waals surface area contributed by atoms with E-state index in [1.165, 1.54) is 14.8 Å². The Kier molecular flexibility index (Phi) is 5.44. The molecule has 1 fully saturated rings. The molecule has 8 nitrogen and oxygen atoms in total. The Morgan fingerprint density at radius 1 is 1.28 bits per heavy atom. The summed E-state index contributed by atoms with van der Waals surface area (Å²) in [6.45, 7) is 4.94. The summed E-state index contributed by atoms with van der Waals surface area (Å²) in [5.74, 6) is 0.289. The van der Waals surface area contributed by atoms with Crippen LogP contribution in [0, 0.1) is 6.92 Å². The smallest absolute Gasteiger partial charge is 0.293 e. The number of rotatable bonds is 6. The molecule has 3 heterocycles. The summed E-state index contributed by atoms with van der Waals surface area (Å²) in [6, 6.07) is 9.86. The van der Waals surface area contributed by atoms with Crippen LogP contribution in [-0.4, -0.2) is 44.6 Å². The number of aryl methyl sites for hydroxylation is 2. The zero-order valence-corrected chi connectivity index (χ0v) is 16.7. The molecule has 29 heavy (non-hydrogen) atoms. The highest BCUT2D eigenvalue weighted by Gasteiger charge is 2.18. The van der Waals surface area contributed by atoms with Gasteiger partial charge in [0.1, 0.15) is 17.9 Å². The van der Waals surface area contributed by atoms with Gasteiger partial charge in [-0.1, -0.05) is 31.2 Å². The summed E-state index contributed by atoms with van der Waals surface area (Å²) in [5, 5.41) is 11.6. The SMILES string of the molecule is CCc1ccc(-c2cc3c(=O)n(CC(=O)NC[C@H]4CCCO4)nc(C)n3n2)cc1. The second kappa shape index (κ2) is 8.16. The molecule has 1 N–H and O–H groups in total. The van der Waals surface area contributed by atoms with Gasteiger partial charge in [-0.25, -0.2) is 9.20 Å². The molecule has 1 aliphatic heterocycles. The third kappa shape index (κ3) is 4.07. The van der Waals surface area contributed by atoms with Gasteiger partial charge in [-0.15, -0.1) is 0 Å². The minimum absolute atomic E-state index is 0.0596. The molecule has 1 saturated heterocycles. The standard InChI is InChI=1S/C21H25N5O3/c1-3-15-6-8-16(9-7-15)18-11-19-21(28)25(23-14(2)26(19)24-18)13-20(27)22-12-17-5-4-10-29-17/h6-9,11,17H,3-5,10,12-13H2,1-2H3,(H,22,27)/t17-/m1/s1. The van der Waals surface area contributed by atoms with Crippen LogP contribution in [-0.2, 0) is 22.5 Å². The van der Waals surface area contributed by atoms with Crippen LogP contribution in [0.15, 0.2) is 35.1 Å². The van der Waals surface area contributed by atoms with Gasteiger partial charge in [0.25, 0.3) is 5.56 Å². The molecule has 1 aromatic carbocycles. The Labute approximate surface area is 168 Å². The molecule has 152 valence electrons. The fourth-order valence-corrected chi connectivity index (χ4v) is 3.56. The van der Waals surface area contributed by atoms with Crippen molar-refractivity contribution in [2.24, 2.45) is 0 Å². The Morgan fingerprint density at radius 3 is 2.76 bits per heavy atom. The van der Waals surface area contributed by atoms with E-state index in [0.717, 1.165) is 31.4 Å². The Balaban J connectivity index is 1.56. The van der Waals surface area contributed by atoms with Crippen LogP contribution < -0.4 is 10.9 Å². The fraction of sp³-hybridized carbons (Fsp3) is 0.429. The monoisotopic (exact) mass is 395 g/mol. The van der Waals surface area contributed by atoms with E-state index < -0.39 is 0 Å². The largest absolute Gasteiger partial charge is 0.376 e. The van der Waals surface area contributed by atoms with Crippen molar-refractivity contribution in [2.45, 2.75) is 45.8 Å². The van der Waals surface area contributed by atoms with Crippen LogP contribution in [0.5, 0.6) is 0 Å². The second-order valence-electron chi connectivity index (χ2n) is 7.33. The molecule has 0 spiro atoms. The molecule has 0 bridgehead atoms. The van der Waals surface area contributed by atoms with Crippen molar-refractivity contribution in [2.75, 3.05) is 13.2 Å². The molecule has 0 radical (unpaired) electrons. The molecule has 4 rings (SSSR count). The molecule has 2 aromatic heterocycles. The van der Waals surface area contributed by atoms with Crippen molar-refractivity contribution in [1.82, 2.24) is 24.7 Å². The summed E-state index contributed by atoms with van der Waals surface area (Å²) in [4.78, 5) is 25.1. The number of ether oxygens (including phenoxy) is 1. The zero-order chi connectivity index (χ0) is 20.4. The highest BCUT2D eigenvalue weighted by Crippen LogP contribution is 2.19. The van der Waals surface area contributed by atoms with E-state index in [1.54, 1.807) is 13.0 Å². The van der Waals surface area contributed by atoms with Crippen LogP contribution in [0.4, 0.5) is 0 Å². The van der Waals surface area contributed by atoms with Crippen LogP contribution in [0.2, 0.25) is 0 Å². The first-order chi connectivity index (χ1) is 14.0. The van der Waals surface area contributed by atoms with Crippen LogP contribution in [0.3, 0.4) is 0 Å². The Hall–Kier alpha value is -3.00. The molecule has 1 aliphatic rings. The van der Waals surface area contributed by atoms with E-state index in [1.807, 2.05) is 12.1 Å². The van der Waals surface area contributed by atoms with Crippen molar-refractivity contribution >= 4 is 11.4 Å². The summed E-state index contributed by atoms with van der Waals surface area (Å²) < 4.78 is 8.23. The van der Waals surface area contributed by atoms with Gasteiger partial charge in [0, 0.05) is 18.7 Å². The third-order valence-electron chi connectivity index (χ3n) is 5.24. The number of nitrogens with zero attached hydrogens (tertiary/aromatic N) is 4. The summed E-state index contributed by atoms with van der Waals surface area (Å²) in [7, 11) is 0. The first-order valence-electron chi connectivity index (χ1n) is 10.00. The quantitative estimate of drug-likeness (QED) is 0.686. The van der Waals surface area contributed by atoms with E-state index in [9.17, 15) is 9.59 Å². The van der Waals surface area contributed by atoms with Crippen molar-refractivity contribution in [3.05, 3.63) is 52.1 Å². The summed E-state index contributed by atoms with van der Waals surface area (Å²) in [5.41, 5.74) is 2.94. The number of benzene rings is 1. The fourth-order valence-electron chi connectivity index (χ4n) is 3.56. The van der Waals surface area contributed by atoms with Crippen molar-refractivity contribution < 1.29 is 9.53 Å².